The monoisotopic (exact) mass is 116 g/mol. The minimum Gasteiger partial charge on any atom is -0.276 e. The molecule has 8 heavy (non-hydrogen) atoms. The molecular formula is C6H14NO. The Balaban J connectivity index is 3.35. The molecule has 0 aromatic heterocycles. The highest BCUT2D eigenvalue weighted by Gasteiger charge is 2.04. The van der Waals surface area contributed by atoms with E-state index in [0.29, 0.717) is 0 Å². The van der Waals surface area contributed by atoms with Gasteiger partial charge in [-0.15, -0.1) is 0 Å². The minimum absolute atomic E-state index is 0.537. The molecule has 0 amide bonds. The first kappa shape index (κ1) is 7.92. The smallest absolute Gasteiger partial charge is 0.143 e. The third-order valence-electron chi connectivity index (χ3n) is 1.33. The van der Waals surface area contributed by atoms with Gasteiger partial charge in [0, 0.05) is 0 Å². The first-order valence-corrected chi connectivity index (χ1v) is 3.12. The highest BCUT2D eigenvalue weighted by molar-refractivity contribution is 4.49. The zero-order valence-electron chi connectivity index (χ0n) is 5.85. The lowest BCUT2D eigenvalue weighted by Crippen LogP contribution is -2.31. The molecule has 0 fully saturated rings. The average Bonchev–Trinajstić information content (AvgIpc) is 1.69. The Morgan fingerprint density at radius 1 is 1.38 bits per heavy atom. The standard InChI is InChI=1S/C6H14NO/c1-4-7(5-2)6(3)8/h6H,4-5H2,1-3H3. The SMILES string of the molecule is CCN(CC)C(C)[O]. The molecule has 1 atom stereocenters. The normalized spacial score (nSPS) is 14.6. The van der Waals surface area contributed by atoms with Crippen LogP contribution in [0.1, 0.15) is 20.8 Å². The van der Waals surface area contributed by atoms with Crippen molar-refractivity contribution in [1.29, 1.82) is 0 Å². The summed E-state index contributed by atoms with van der Waals surface area (Å²) in [6, 6.07) is 0. The molecule has 2 nitrogen and oxygen atoms in total. The molecule has 0 bridgehead atoms. The van der Waals surface area contributed by atoms with Crippen LogP contribution in [0, 0.1) is 0 Å². The Morgan fingerprint density at radius 3 is 1.75 bits per heavy atom. The van der Waals surface area contributed by atoms with Crippen molar-refractivity contribution in [2.24, 2.45) is 0 Å². The fraction of sp³-hybridized carbons (Fsp3) is 1.00. The van der Waals surface area contributed by atoms with Crippen molar-refractivity contribution < 1.29 is 5.11 Å². The van der Waals surface area contributed by atoms with Gasteiger partial charge in [0.15, 0.2) is 0 Å². The van der Waals surface area contributed by atoms with Gasteiger partial charge in [-0.3, -0.25) is 4.90 Å². The quantitative estimate of drug-likeness (QED) is 0.506. The minimum atomic E-state index is -0.537. The van der Waals surface area contributed by atoms with E-state index < -0.39 is 6.23 Å². The fourth-order valence-corrected chi connectivity index (χ4v) is 0.738. The second-order valence-corrected chi connectivity index (χ2v) is 1.82. The van der Waals surface area contributed by atoms with Gasteiger partial charge in [0.25, 0.3) is 0 Å². The van der Waals surface area contributed by atoms with Crippen molar-refractivity contribution >= 4 is 0 Å². The number of nitrogens with zero attached hydrogens (tertiary/aromatic N) is 1. The molecule has 0 spiro atoms. The van der Waals surface area contributed by atoms with Gasteiger partial charge in [-0.2, -0.15) is 0 Å². The van der Waals surface area contributed by atoms with Crippen LogP contribution in [-0.2, 0) is 5.11 Å². The van der Waals surface area contributed by atoms with Gasteiger partial charge in [0.1, 0.15) is 6.23 Å². The van der Waals surface area contributed by atoms with Crippen LogP contribution >= 0.6 is 0 Å². The zero-order valence-corrected chi connectivity index (χ0v) is 5.85. The van der Waals surface area contributed by atoms with Crippen molar-refractivity contribution in [3.8, 4) is 0 Å². The van der Waals surface area contributed by atoms with Crippen LogP contribution in [0.25, 0.3) is 0 Å². The number of hydrogen-bond donors (Lipinski definition) is 0. The topological polar surface area (TPSA) is 23.1 Å². The summed E-state index contributed by atoms with van der Waals surface area (Å²) >= 11 is 0. The fourth-order valence-electron chi connectivity index (χ4n) is 0.738. The van der Waals surface area contributed by atoms with E-state index in [1.165, 1.54) is 0 Å². The van der Waals surface area contributed by atoms with E-state index in [9.17, 15) is 5.11 Å². The molecule has 0 heterocycles. The van der Waals surface area contributed by atoms with Gasteiger partial charge in [-0.05, 0) is 20.0 Å². The zero-order chi connectivity index (χ0) is 6.57. The highest BCUT2D eigenvalue weighted by Crippen LogP contribution is 1.92. The van der Waals surface area contributed by atoms with Gasteiger partial charge >= 0.3 is 0 Å². The summed E-state index contributed by atoms with van der Waals surface area (Å²) < 4.78 is 0. The van der Waals surface area contributed by atoms with E-state index in [1.54, 1.807) is 6.92 Å². The maximum atomic E-state index is 10.6. The molecule has 1 unspecified atom stereocenters. The predicted octanol–water partition coefficient (Wildman–Crippen LogP) is 1.10. The molecule has 0 aliphatic rings. The van der Waals surface area contributed by atoms with E-state index in [1.807, 2.05) is 18.7 Å². The van der Waals surface area contributed by atoms with E-state index in [0.717, 1.165) is 13.1 Å². The van der Waals surface area contributed by atoms with Crippen LogP contribution < -0.4 is 0 Å². The van der Waals surface area contributed by atoms with Gasteiger partial charge in [0.2, 0.25) is 0 Å². The average molecular weight is 116 g/mol. The third-order valence-corrected chi connectivity index (χ3v) is 1.33. The largest absolute Gasteiger partial charge is 0.276 e. The second-order valence-electron chi connectivity index (χ2n) is 1.82. The molecule has 1 radical (unpaired) electrons. The first-order valence-electron chi connectivity index (χ1n) is 3.12. The van der Waals surface area contributed by atoms with Gasteiger partial charge in [-0.1, -0.05) is 13.8 Å². The van der Waals surface area contributed by atoms with Crippen molar-refractivity contribution in [3.05, 3.63) is 0 Å². The Bertz CT molecular complexity index is 50.5. The molecule has 49 valence electrons. The molecule has 0 saturated carbocycles. The summed E-state index contributed by atoms with van der Waals surface area (Å²) in [7, 11) is 0. The Labute approximate surface area is 51.1 Å². The molecule has 2 heteroatoms. The summed E-state index contributed by atoms with van der Waals surface area (Å²) in [6.07, 6.45) is -0.537. The molecule has 0 aromatic rings. The number of rotatable bonds is 3. The molecular weight excluding hydrogens is 102 g/mol. The lowest BCUT2D eigenvalue weighted by molar-refractivity contribution is -0.0287. The van der Waals surface area contributed by atoms with Crippen LogP contribution in [0.3, 0.4) is 0 Å². The Hall–Kier alpha value is -0.0800. The molecule has 0 aromatic carbocycles. The number of hydrogen-bond acceptors (Lipinski definition) is 1. The van der Waals surface area contributed by atoms with Crippen molar-refractivity contribution in [2.45, 2.75) is 27.0 Å². The van der Waals surface area contributed by atoms with Crippen LogP contribution in [0.15, 0.2) is 0 Å². The highest BCUT2D eigenvalue weighted by atomic mass is 16.3. The molecule has 0 aliphatic carbocycles. The van der Waals surface area contributed by atoms with Crippen LogP contribution in [0.2, 0.25) is 0 Å². The van der Waals surface area contributed by atoms with Crippen molar-refractivity contribution in [1.82, 2.24) is 4.90 Å². The summed E-state index contributed by atoms with van der Waals surface area (Å²) in [6.45, 7) is 7.39. The predicted molar refractivity (Wildman–Crippen MR) is 33.1 cm³/mol. The summed E-state index contributed by atoms with van der Waals surface area (Å²) in [4.78, 5) is 1.86. The third kappa shape index (κ3) is 2.28. The van der Waals surface area contributed by atoms with Crippen LogP contribution in [0.4, 0.5) is 0 Å². The lowest BCUT2D eigenvalue weighted by Gasteiger charge is -2.18. The van der Waals surface area contributed by atoms with Gasteiger partial charge in [0.05, 0.1) is 0 Å². The van der Waals surface area contributed by atoms with E-state index in [-0.39, 0.29) is 0 Å². The molecule has 0 rings (SSSR count). The Morgan fingerprint density at radius 2 is 1.75 bits per heavy atom. The van der Waals surface area contributed by atoms with E-state index in [4.69, 9.17) is 0 Å². The molecule has 0 N–H and O–H groups in total. The van der Waals surface area contributed by atoms with Crippen LogP contribution in [0.5, 0.6) is 0 Å². The van der Waals surface area contributed by atoms with Crippen molar-refractivity contribution in [3.63, 3.8) is 0 Å². The van der Waals surface area contributed by atoms with Gasteiger partial charge < -0.3 is 0 Å². The molecule has 0 aliphatic heterocycles. The molecule has 0 saturated heterocycles. The van der Waals surface area contributed by atoms with Crippen molar-refractivity contribution in [2.75, 3.05) is 13.1 Å². The van der Waals surface area contributed by atoms with Crippen LogP contribution in [-0.4, -0.2) is 24.2 Å². The lowest BCUT2D eigenvalue weighted by atomic mass is 10.5. The van der Waals surface area contributed by atoms with E-state index >= 15 is 0 Å². The first-order chi connectivity index (χ1) is 3.72. The summed E-state index contributed by atoms with van der Waals surface area (Å²) in [5.74, 6) is 0. The van der Waals surface area contributed by atoms with E-state index in [2.05, 4.69) is 0 Å². The maximum Gasteiger partial charge on any atom is 0.143 e. The summed E-state index contributed by atoms with van der Waals surface area (Å²) in [5.41, 5.74) is 0. The Kier molecular flexibility index (Phi) is 3.83. The maximum absolute atomic E-state index is 10.6. The van der Waals surface area contributed by atoms with Gasteiger partial charge in [-0.25, -0.2) is 5.11 Å². The second kappa shape index (κ2) is 3.87. The summed E-state index contributed by atoms with van der Waals surface area (Å²) in [5, 5.41) is 10.6.